The number of pyridine rings is 1. The lowest BCUT2D eigenvalue weighted by Crippen LogP contribution is -2.30. The fourth-order valence-electron chi connectivity index (χ4n) is 2.11. The van der Waals surface area contributed by atoms with Crippen molar-refractivity contribution in [2.75, 3.05) is 26.7 Å². The highest BCUT2D eigenvalue weighted by Gasteiger charge is 2.22. The van der Waals surface area contributed by atoms with E-state index < -0.39 is 10.0 Å². The Bertz CT molecular complexity index is 577. The highest BCUT2D eigenvalue weighted by molar-refractivity contribution is 7.89. The van der Waals surface area contributed by atoms with Crippen LogP contribution < -0.4 is 4.72 Å². The molecular formula is C12H16N4O2S. The van der Waals surface area contributed by atoms with Crippen molar-refractivity contribution in [1.82, 2.24) is 14.6 Å². The van der Waals surface area contributed by atoms with Crippen LogP contribution >= 0.6 is 0 Å². The van der Waals surface area contributed by atoms with Crippen LogP contribution in [-0.4, -0.2) is 45.0 Å². The summed E-state index contributed by atoms with van der Waals surface area (Å²) in [5, 5.41) is 8.62. The van der Waals surface area contributed by atoms with E-state index in [1.807, 2.05) is 13.1 Å². The van der Waals surface area contributed by atoms with Gasteiger partial charge in [-0.05, 0) is 38.1 Å². The average molecular weight is 280 g/mol. The minimum absolute atomic E-state index is 0.0952. The summed E-state index contributed by atoms with van der Waals surface area (Å²) in [7, 11) is -1.50. The number of nitriles is 1. The molecule has 2 heterocycles. The topological polar surface area (TPSA) is 86.1 Å². The molecule has 0 saturated carbocycles. The average Bonchev–Trinajstić information content (AvgIpc) is 2.82. The molecule has 1 aromatic heterocycles. The van der Waals surface area contributed by atoms with Crippen LogP contribution in [0, 0.1) is 17.2 Å². The number of hydrogen-bond acceptors (Lipinski definition) is 5. The molecule has 0 aromatic carbocycles. The molecule has 7 heteroatoms. The van der Waals surface area contributed by atoms with Gasteiger partial charge < -0.3 is 4.90 Å². The van der Waals surface area contributed by atoms with Gasteiger partial charge in [-0.25, -0.2) is 18.1 Å². The summed E-state index contributed by atoms with van der Waals surface area (Å²) in [6, 6.07) is 4.65. The van der Waals surface area contributed by atoms with Gasteiger partial charge in [0.1, 0.15) is 16.7 Å². The number of hydrogen-bond donors (Lipinski definition) is 1. The van der Waals surface area contributed by atoms with E-state index in [2.05, 4.69) is 14.6 Å². The first-order chi connectivity index (χ1) is 9.01. The monoisotopic (exact) mass is 280 g/mol. The van der Waals surface area contributed by atoms with E-state index in [4.69, 9.17) is 5.26 Å². The van der Waals surface area contributed by atoms with Crippen molar-refractivity contribution in [3.05, 3.63) is 24.0 Å². The summed E-state index contributed by atoms with van der Waals surface area (Å²) >= 11 is 0. The zero-order valence-electron chi connectivity index (χ0n) is 10.7. The van der Waals surface area contributed by atoms with Crippen molar-refractivity contribution >= 4 is 10.0 Å². The summed E-state index contributed by atoms with van der Waals surface area (Å²) in [6.45, 7) is 2.35. The van der Waals surface area contributed by atoms with Crippen molar-refractivity contribution in [3.63, 3.8) is 0 Å². The van der Waals surface area contributed by atoms with E-state index in [1.54, 1.807) is 0 Å². The van der Waals surface area contributed by atoms with Gasteiger partial charge >= 0.3 is 0 Å². The Morgan fingerprint density at radius 2 is 2.37 bits per heavy atom. The second-order valence-corrected chi connectivity index (χ2v) is 6.53. The maximum absolute atomic E-state index is 12.0. The molecule has 1 aromatic rings. The highest BCUT2D eigenvalue weighted by atomic mass is 32.2. The first kappa shape index (κ1) is 13.9. The fourth-order valence-corrected chi connectivity index (χ4v) is 3.17. The van der Waals surface area contributed by atoms with Gasteiger partial charge in [0, 0.05) is 19.3 Å². The van der Waals surface area contributed by atoms with Crippen LogP contribution in [0.15, 0.2) is 23.2 Å². The molecule has 0 aliphatic carbocycles. The van der Waals surface area contributed by atoms with Crippen LogP contribution in [-0.2, 0) is 10.0 Å². The molecule has 0 spiro atoms. The Balaban J connectivity index is 1.99. The predicted octanol–water partition coefficient (Wildman–Crippen LogP) is 0.183. The molecule has 19 heavy (non-hydrogen) atoms. The third-order valence-electron chi connectivity index (χ3n) is 3.21. The first-order valence-electron chi connectivity index (χ1n) is 6.05. The SMILES string of the molecule is CN1CCC(CNS(=O)(=O)c2ccc(C#N)nc2)C1. The largest absolute Gasteiger partial charge is 0.306 e. The Morgan fingerprint density at radius 3 is 2.89 bits per heavy atom. The molecule has 6 nitrogen and oxygen atoms in total. The van der Waals surface area contributed by atoms with Gasteiger partial charge in [-0.2, -0.15) is 5.26 Å². The second kappa shape index (κ2) is 5.65. The predicted molar refractivity (Wildman–Crippen MR) is 69.7 cm³/mol. The van der Waals surface area contributed by atoms with Gasteiger partial charge in [-0.3, -0.25) is 0 Å². The summed E-state index contributed by atoms with van der Waals surface area (Å²) in [5.74, 6) is 0.353. The lowest BCUT2D eigenvalue weighted by molar-refractivity contribution is 0.394. The molecule has 1 N–H and O–H groups in total. The summed E-state index contributed by atoms with van der Waals surface area (Å²) in [4.78, 5) is 6.04. The first-order valence-corrected chi connectivity index (χ1v) is 7.54. The Morgan fingerprint density at radius 1 is 1.58 bits per heavy atom. The number of sulfonamides is 1. The van der Waals surface area contributed by atoms with Gasteiger partial charge in [-0.15, -0.1) is 0 Å². The van der Waals surface area contributed by atoms with Crippen molar-refractivity contribution in [3.8, 4) is 6.07 Å². The Labute approximate surface area is 113 Å². The van der Waals surface area contributed by atoms with E-state index in [0.717, 1.165) is 19.5 Å². The summed E-state index contributed by atoms with van der Waals surface area (Å²) in [5.41, 5.74) is 0.205. The maximum Gasteiger partial charge on any atom is 0.242 e. The third kappa shape index (κ3) is 3.50. The van der Waals surface area contributed by atoms with Crippen molar-refractivity contribution in [1.29, 1.82) is 5.26 Å². The van der Waals surface area contributed by atoms with Gasteiger partial charge in [0.2, 0.25) is 10.0 Å². The van der Waals surface area contributed by atoms with Crippen LogP contribution in [0.5, 0.6) is 0 Å². The standard InChI is InChI=1S/C12H16N4O2S/c1-16-5-4-10(9-16)7-15-19(17,18)12-3-2-11(6-13)14-8-12/h2-3,8,10,15H,4-5,7,9H2,1H3. The smallest absolute Gasteiger partial charge is 0.242 e. The molecule has 1 aliphatic heterocycles. The fraction of sp³-hybridized carbons (Fsp3) is 0.500. The molecule has 0 radical (unpaired) electrons. The number of likely N-dealkylation sites (tertiary alicyclic amines) is 1. The number of nitrogens with zero attached hydrogens (tertiary/aromatic N) is 3. The van der Waals surface area contributed by atoms with Gasteiger partial charge in [0.15, 0.2) is 0 Å². The zero-order valence-corrected chi connectivity index (χ0v) is 11.5. The van der Waals surface area contributed by atoms with E-state index >= 15 is 0 Å². The van der Waals surface area contributed by atoms with Crippen LogP contribution in [0.2, 0.25) is 0 Å². The quantitative estimate of drug-likeness (QED) is 0.850. The minimum Gasteiger partial charge on any atom is -0.306 e. The van der Waals surface area contributed by atoms with E-state index in [-0.39, 0.29) is 10.6 Å². The lowest BCUT2D eigenvalue weighted by atomic mass is 10.1. The normalized spacial score (nSPS) is 20.3. The van der Waals surface area contributed by atoms with Crippen molar-refractivity contribution in [2.45, 2.75) is 11.3 Å². The van der Waals surface area contributed by atoms with Crippen LogP contribution in [0.4, 0.5) is 0 Å². The molecule has 1 unspecified atom stereocenters. The van der Waals surface area contributed by atoms with Crippen molar-refractivity contribution < 1.29 is 8.42 Å². The summed E-state index contributed by atoms with van der Waals surface area (Å²) < 4.78 is 26.6. The summed E-state index contributed by atoms with van der Waals surface area (Å²) in [6.07, 6.45) is 2.21. The second-order valence-electron chi connectivity index (χ2n) is 4.76. The minimum atomic E-state index is -3.53. The van der Waals surface area contributed by atoms with Gasteiger partial charge in [-0.1, -0.05) is 0 Å². The van der Waals surface area contributed by atoms with Crippen LogP contribution in [0.25, 0.3) is 0 Å². The van der Waals surface area contributed by atoms with Crippen molar-refractivity contribution in [2.24, 2.45) is 5.92 Å². The molecular weight excluding hydrogens is 264 g/mol. The van der Waals surface area contributed by atoms with Gasteiger partial charge in [0.25, 0.3) is 0 Å². The number of rotatable bonds is 4. The van der Waals surface area contributed by atoms with E-state index in [1.165, 1.54) is 18.3 Å². The molecule has 1 atom stereocenters. The van der Waals surface area contributed by atoms with Crippen LogP contribution in [0.3, 0.4) is 0 Å². The molecule has 0 bridgehead atoms. The molecule has 1 saturated heterocycles. The highest BCUT2D eigenvalue weighted by Crippen LogP contribution is 2.14. The molecule has 1 aliphatic rings. The molecule has 2 rings (SSSR count). The van der Waals surface area contributed by atoms with E-state index in [0.29, 0.717) is 12.5 Å². The molecule has 1 fully saturated rings. The number of nitrogens with one attached hydrogen (secondary N) is 1. The van der Waals surface area contributed by atoms with Gasteiger partial charge in [0.05, 0.1) is 0 Å². The maximum atomic E-state index is 12.0. The number of aromatic nitrogens is 1. The molecule has 0 amide bonds. The third-order valence-corrected chi connectivity index (χ3v) is 4.62. The zero-order chi connectivity index (χ0) is 13.9. The molecule has 102 valence electrons. The van der Waals surface area contributed by atoms with E-state index in [9.17, 15) is 8.42 Å². The van der Waals surface area contributed by atoms with Crippen LogP contribution in [0.1, 0.15) is 12.1 Å². The Kier molecular flexibility index (Phi) is 4.14. The lowest BCUT2D eigenvalue weighted by Gasteiger charge is -2.12. The Hall–Kier alpha value is -1.49.